The Morgan fingerprint density at radius 2 is 1.72 bits per heavy atom. The molecule has 0 N–H and O–H groups in total. The first-order valence-electron chi connectivity index (χ1n) is 6.32. The molecule has 0 atom stereocenters. The Labute approximate surface area is 106 Å². The first kappa shape index (κ1) is 15.8. The normalized spacial score (nSPS) is 20.2. The minimum absolute atomic E-state index is 0.00135. The molecule has 18 heavy (non-hydrogen) atoms. The fraction of sp³-hybridized carbons (Fsp3) is 1.00. The lowest BCUT2D eigenvalue weighted by Gasteiger charge is -2.32. The van der Waals surface area contributed by atoms with Gasteiger partial charge < -0.3 is 0 Å². The van der Waals surface area contributed by atoms with Gasteiger partial charge in [0.1, 0.15) is 0 Å². The van der Waals surface area contributed by atoms with E-state index in [1.54, 1.807) is 0 Å². The third-order valence-corrected chi connectivity index (χ3v) is 5.27. The van der Waals surface area contributed by atoms with E-state index >= 15 is 0 Å². The number of rotatable bonds is 5. The second-order valence-electron chi connectivity index (χ2n) is 4.74. The molecule has 0 bridgehead atoms. The molecule has 0 aromatic rings. The van der Waals surface area contributed by atoms with Crippen LogP contribution in [-0.4, -0.2) is 37.7 Å². The van der Waals surface area contributed by atoms with Crippen molar-refractivity contribution in [2.45, 2.75) is 45.2 Å². The van der Waals surface area contributed by atoms with Gasteiger partial charge >= 0.3 is 6.18 Å². The molecule has 0 aromatic carbocycles. The molecule has 1 aliphatic rings. The fourth-order valence-corrected chi connectivity index (χ4v) is 3.72. The van der Waals surface area contributed by atoms with Crippen LogP contribution in [0.3, 0.4) is 0 Å². The number of alkyl halides is 3. The van der Waals surface area contributed by atoms with E-state index in [2.05, 4.69) is 0 Å². The first-order valence-corrected chi connectivity index (χ1v) is 7.93. The van der Waals surface area contributed by atoms with Crippen LogP contribution in [0, 0.1) is 5.92 Å². The zero-order chi connectivity index (χ0) is 13.8. The average Bonchev–Trinajstić information content (AvgIpc) is 2.28. The Hall–Kier alpha value is -0.300. The molecule has 1 fully saturated rings. The maximum atomic E-state index is 12.4. The van der Waals surface area contributed by atoms with Crippen LogP contribution in [0.1, 0.15) is 39.0 Å². The van der Waals surface area contributed by atoms with Gasteiger partial charge in [-0.3, -0.25) is 0 Å². The zero-order valence-corrected chi connectivity index (χ0v) is 11.4. The van der Waals surface area contributed by atoms with Crippen molar-refractivity contribution < 1.29 is 21.6 Å². The molecule has 1 aliphatic heterocycles. The average molecular weight is 287 g/mol. The Morgan fingerprint density at radius 1 is 1.17 bits per heavy atom. The largest absolute Gasteiger partial charge is 0.391 e. The molecule has 0 saturated carbocycles. The minimum atomic E-state index is -4.20. The van der Waals surface area contributed by atoms with E-state index in [1.165, 1.54) is 4.31 Å². The van der Waals surface area contributed by atoms with Crippen LogP contribution in [0.5, 0.6) is 0 Å². The van der Waals surface area contributed by atoms with Crippen molar-refractivity contribution in [2.24, 2.45) is 5.92 Å². The molecule has 0 aliphatic carbocycles. The van der Waals surface area contributed by atoms with Crippen LogP contribution in [0.2, 0.25) is 0 Å². The summed E-state index contributed by atoms with van der Waals surface area (Å²) in [6.07, 6.45) is -2.09. The summed E-state index contributed by atoms with van der Waals surface area (Å²) in [6, 6.07) is 0. The van der Waals surface area contributed by atoms with Gasteiger partial charge in [-0.2, -0.15) is 13.2 Å². The van der Waals surface area contributed by atoms with Gasteiger partial charge in [0.2, 0.25) is 10.0 Å². The van der Waals surface area contributed by atoms with Crippen LogP contribution in [0.25, 0.3) is 0 Å². The smallest absolute Gasteiger partial charge is 0.212 e. The topological polar surface area (TPSA) is 37.4 Å². The van der Waals surface area contributed by atoms with Gasteiger partial charge in [-0.25, -0.2) is 12.7 Å². The van der Waals surface area contributed by atoms with E-state index in [4.69, 9.17) is 0 Å². The summed E-state index contributed by atoms with van der Waals surface area (Å²) in [5, 5.41) is 0. The lowest BCUT2D eigenvalue weighted by atomic mass is 9.98. The van der Waals surface area contributed by atoms with E-state index in [0.717, 1.165) is 12.8 Å². The van der Waals surface area contributed by atoms with Crippen molar-refractivity contribution >= 4 is 10.0 Å². The maximum Gasteiger partial charge on any atom is 0.391 e. The number of unbranched alkanes of at least 4 members (excludes halogenated alkanes) is 2. The molecule has 108 valence electrons. The number of nitrogens with zero attached hydrogens (tertiary/aromatic N) is 1. The summed E-state index contributed by atoms with van der Waals surface area (Å²) in [5.41, 5.74) is 0. The summed E-state index contributed by atoms with van der Waals surface area (Å²) in [4.78, 5) is 0. The third kappa shape index (κ3) is 4.42. The highest BCUT2D eigenvalue weighted by Gasteiger charge is 2.42. The van der Waals surface area contributed by atoms with Crippen LogP contribution < -0.4 is 0 Å². The standard InChI is InChI=1S/C11H20F3NO2S/c1-2-3-4-9-18(16,17)15-7-5-10(6-8-15)11(12,13)14/h10H,2-9H2,1H3. The second-order valence-corrected chi connectivity index (χ2v) is 6.83. The van der Waals surface area contributed by atoms with Crippen LogP contribution >= 0.6 is 0 Å². The molecule has 1 heterocycles. The maximum absolute atomic E-state index is 12.4. The van der Waals surface area contributed by atoms with E-state index in [-0.39, 0.29) is 31.7 Å². The van der Waals surface area contributed by atoms with Gasteiger partial charge in [0.25, 0.3) is 0 Å². The summed E-state index contributed by atoms with van der Waals surface area (Å²) in [6.45, 7) is 1.97. The van der Waals surface area contributed by atoms with Crippen molar-refractivity contribution in [1.82, 2.24) is 4.31 Å². The van der Waals surface area contributed by atoms with Gasteiger partial charge in [0.05, 0.1) is 11.7 Å². The molecular weight excluding hydrogens is 267 g/mol. The van der Waals surface area contributed by atoms with E-state index in [9.17, 15) is 21.6 Å². The van der Waals surface area contributed by atoms with Gasteiger partial charge in [0, 0.05) is 13.1 Å². The van der Waals surface area contributed by atoms with Crippen molar-refractivity contribution in [3.8, 4) is 0 Å². The molecule has 0 radical (unpaired) electrons. The van der Waals surface area contributed by atoms with Gasteiger partial charge in [-0.15, -0.1) is 0 Å². The molecule has 1 rings (SSSR count). The number of sulfonamides is 1. The van der Waals surface area contributed by atoms with E-state index in [0.29, 0.717) is 6.42 Å². The molecule has 0 amide bonds. The Morgan fingerprint density at radius 3 is 2.17 bits per heavy atom. The Kier molecular flexibility index (Phi) is 5.46. The summed E-state index contributed by atoms with van der Waals surface area (Å²) in [5.74, 6) is -1.29. The van der Waals surface area contributed by atoms with Gasteiger partial charge in [-0.05, 0) is 19.3 Å². The van der Waals surface area contributed by atoms with Crippen molar-refractivity contribution in [3.05, 3.63) is 0 Å². The molecule has 3 nitrogen and oxygen atoms in total. The minimum Gasteiger partial charge on any atom is -0.212 e. The molecule has 1 saturated heterocycles. The van der Waals surface area contributed by atoms with Crippen LogP contribution in [0.15, 0.2) is 0 Å². The van der Waals surface area contributed by atoms with Crippen molar-refractivity contribution in [1.29, 1.82) is 0 Å². The Bertz CT molecular complexity index is 346. The zero-order valence-electron chi connectivity index (χ0n) is 10.5. The molecule has 0 aromatic heterocycles. The highest BCUT2D eigenvalue weighted by Crippen LogP contribution is 2.34. The monoisotopic (exact) mass is 287 g/mol. The number of hydrogen-bond acceptors (Lipinski definition) is 2. The number of piperidine rings is 1. The number of hydrogen-bond donors (Lipinski definition) is 0. The lowest BCUT2D eigenvalue weighted by Crippen LogP contribution is -2.42. The highest BCUT2D eigenvalue weighted by molar-refractivity contribution is 7.89. The molecular formula is C11H20F3NO2S. The lowest BCUT2D eigenvalue weighted by molar-refractivity contribution is -0.182. The van der Waals surface area contributed by atoms with E-state index in [1.807, 2.05) is 6.92 Å². The highest BCUT2D eigenvalue weighted by atomic mass is 32.2. The Balaban J connectivity index is 2.47. The summed E-state index contributed by atoms with van der Waals surface area (Å²) in [7, 11) is -3.36. The van der Waals surface area contributed by atoms with Crippen LogP contribution in [-0.2, 0) is 10.0 Å². The molecule has 0 spiro atoms. The van der Waals surface area contributed by atoms with Crippen molar-refractivity contribution in [2.75, 3.05) is 18.8 Å². The predicted octanol–water partition coefficient (Wildman–Crippen LogP) is 2.78. The van der Waals surface area contributed by atoms with E-state index < -0.39 is 22.1 Å². The van der Waals surface area contributed by atoms with Gasteiger partial charge in [-0.1, -0.05) is 19.8 Å². The van der Waals surface area contributed by atoms with Gasteiger partial charge in [0.15, 0.2) is 0 Å². The quantitative estimate of drug-likeness (QED) is 0.729. The summed E-state index contributed by atoms with van der Waals surface area (Å²) >= 11 is 0. The SMILES string of the molecule is CCCCCS(=O)(=O)N1CCC(C(F)(F)F)CC1. The fourth-order valence-electron chi connectivity index (χ4n) is 2.12. The summed E-state index contributed by atoms with van der Waals surface area (Å²) < 4.78 is 62.3. The predicted molar refractivity (Wildman–Crippen MR) is 63.7 cm³/mol. The molecule has 0 unspecified atom stereocenters. The van der Waals surface area contributed by atoms with Crippen molar-refractivity contribution in [3.63, 3.8) is 0 Å². The van der Waals surface area contributed by atoms with Crippen LogP contribution in [0.4, 0.5) is 13.2 Å². The second kappa shape index (κ2) is 6.23. The third-order valence-electron chi connectivity index (χ3n) is 3.32. The first-order chi connectivity index (χ1) is 8.27. The molecule has 7 heteroatoms. The number of halogens is 3.